The molecular weight excluding hydrogens is 326 g/mol. The van der Waals surface area contributed by atoms with Crippen molar-refractivity contribution in [2.24, 2.45) is 5.92 Å². The molecule has 6 nitrogen and oxygen atoms in total. The summed E-state index contributed by atoms with van der Waals surface area (Å²) >= 11 is 6.02. The Balaban J connectivity index is 1.65. The van der Waals surface area contributed by atoms with Crippen molar-refractivity contribution in [3.8, 4) is 11.3 Å². The Labute approximate surface area is 144 Å². The molecule has 124 valence electrons. The van der Waals surface area contributed by atoms with Crippen molar-refractivity contribution in [2.45, 2.75) is 13.5 Å². The zero-order chi connectivity index (χ0) is 16.9. The lowest BCUT2D eigenvalue weighted by atomic mass is 10.1. The molecule has 2 aromatic heterocycles. The van der Waals surface area contributed by atoms with Gasteiger partial charge in [-0.05, 0) is 18.1 Å². The van der Waals surface area contributed by atoms with E-state index in [1.54, 1.807) is 24.7 Å². The van der Waals surface area contributed by atoms with Gasteiger partial charge in [0.25, 0.3) is 5.91 Å². The van der Waals surface area contributed by atoms with E-state index in [4.69, 9.17) is 11.6 Å². The first kappa shape index (κ1) is 16.3. The monoisotopic (exact) mass is 343 g/mol. The summed E-state index contributed by atoms with van der Waals surface area (Å²) in [7, 11) is 0. The molecule has 0 saturated carbocycles. The number of benzene rings is 1. The van der Waals surface area contributed by atoms with E-state index >= 15 is 0 Å². The number of aromatic nitrogens is 4. The predicted octanol–water partition coefficient (Wildman–Crippen LogP) is 2.99. The third-order valence-corrected chi connectivity index (χ3v) is 3.93. The molecule has 0 aliphatic carbocycles. The number of imidazole rings is 1. The summed E-state index contributed by atoms with van der Waals surface area (Å²) < 4.78 is 1.99. The van der Waals surface area contributed by atoms with Gasteiger partial charge in [-0.1, -0.05) is 30.7 Å². The number of nitrogens with zero attached hydrogens (tertiary/aromatic N) is 3. The number of carbonyl (C=O) groups excluding carboxylic acids is 1. The molecule has 1 unspecified atom stereocenters. The van der Waals surface area contributed by atoms with E-state index in [0.717, 1.165) is 12.1 Å². The van der Waals surface area contributed by atoms with E-state index in [9.17, 15) is 4.79 Å². The van der Waals surface area contributed by atoms with Crippen LogP contribution in [-0.2, 0) is 6.54 Å². The van der Waals surface area contributed by atoms with Gasteiger partial charge in [-0.15, -0.1) is 0 Å². The van der Waals surface area contributed by atoms with Crippen molar-refractivity contribution in [3.63, 3.8) is 0 Å². The fourth-order valence-corrected chi connectivity index (χ4v) is 2.69. The quantitative estimate of drug-likeness (QED) is 0.722. The molecule has 3 aromatic rings. The summed E-state index contributed by atoms with van der Waals surface area (Å²) in [5.41, 5.74) is 2.00. The van der Waals surface area contributed by atoms with Crippen LogP contribution in [0.4, 0.5) is 0 Å². The minimum Gasteiger partial charge on any atom is -0.352 e. The van der Waals surface area contributed by atoms with Crippen molar-refractivity contribution in [1.82, 2.24) is 25.1 Å². The van der Waals surface area contributed by atoms with Crippen molar-refractivity contribution in [1.29, 1.82) is 0 Å². The molecule has 0 radical (unpaired) electrons. The Bertz CT molecular complexity index is 812. The number of nitrogens with one attached hydrogen (secondary N) is 2. The number of aromatic amines is 1. The highest BCUT2D eigenvalue weighted by Crippen LogP contribution is 2.23. The second-order valence-electron chi connectivity index (χ2n) is 5.74. The van der Waals surface area contributed by atoms with Gasteiger partial charge in [0.15, 0.2) is 0 Å². The van der Waals surface area contributed by atoms with Crippen LogP contribution in [0.2, 0.25) is 5.02 Å². The average Bonchev–Trinajstić information content (AvgIpc) is 3.24. The van der Waals surface area contributed by atoms with Gasteiger partial charge < -0.3 is 9.88 Å². The van der Waals surface area contributed by atoms with Crippen molar-refractivity contribution in [3.05, 3.63) is 59.8 Å². The topological polar surface area (TPSA) is 75.6 Å². The molecule has 0 fully saturated rings. The highest BCUT2D eigenvalue weighted by atomic mass is 35.5. The molecule has 24 heavy (non-hydrogen) atoms. The van der Waals surface area contributed by atoms with Crippen molar-refractivity contribution in [2.75, 3.05) is 6.54 Å². The van der Waals surface area contributed by atoms with E-state index in [-0.39, 0.29) is 11.8 Å². The number of hydrogen-bond donors (Lipinski definition) is 2. The summed E-state index contributed by atoms with van der Waals surface area (Å²) in [5.74, 6) is 0.126. The van der Waals surface area contributed by atoms with Crippen LogP contribution in [0.15, 0.2) is 49.2 Å². The number of H-pyrrole nitrogens is 1. The Morgan fingerprint density at radius 3 is 3.08 bits per heavy atom. The van der Waals surface area contributed by atoms with Gasteiger partial charge >= 0.3 is 0 Å². The summed E-state index contributed by atoms with van der Waals surface area (Å²) in [4.78, 5) is 16.5. The summed E-state index contributed by atoms with van der Waals surface area (Å²) in [5, 5.41) is 10.4. The Kier molecular flexibility index (Phi) is 4.96. The van der Waals surface area contributed by atoms with Crippen molar-refractivity contribution >= 4 is 17.5 Å². The minimum absolute atomic E-state index is 0.156. The van der Waals surface area contributed by atoms with E-state index in [2.05, 4.69) is 27.4 Å². The maximum absolute atomic E-state index is 12.5. The SMILES string of the molecule is CC(CNC(=O)c1cn[nH]c1-c1cccc(Cl)c1)Cn1ccnc1. The maximum atomic E-state index is 12.5. The van der Waals surface area contributed by atoms with E-state index in [1.807, 2.05) is 22.9 Å². The normalized spacial score (nSPS) is 12.1. The smallest absolute Gasteiger partial charge is 0.255 e. The molecule has 7 heteroatoms. The number of rotatable bonds is 6. The second kappa shape index (κ2) is 7.31. The number of carbonyl (C=O) groups is 1. The summed E-state index contributed by atoms with van der Waals surface area (Å²) in [6.45, 7) is 3.44. The van der Waals surface area contributed by atoms with Crippen LogP contribution in [0.25, 0.3) is 11.3 Å². The molecule has 1 amide bonds. The van der Waals surface area contributed by atoms with Gasteiger partial charge in [-0.3, -0.25) is 9.89 Å². The summed E-state index contributed by atoms with van der Waals surface area (Å²) in [6, 6.07) is 7.32. The molecule has 0 spiro atoms. The predicted molar refractivity (Wildman–Crippen MR) is 92.8 cm³/mol. The average molecular weight is 344 g/mol. The largest absolute Gasteiger partial charge is 0.352 e. The first-order valence-electron chi connectivity index (χ1n) is 7.66. The van der Waals surface area contributed by atoms with Crippen molar-refractivity contribution < 1.29 is 4.79 Å². The molecule has 3 rings (SSSR count). The number of hydrogen-bond acceptors (Lipinski definition) is 3. The van der Waals surface area contributed by atoms with Gasteiger partial charge in [0.05, 0.1) is 23.8 Å². The Morgan fingerprint density at radius 2 is 2.33 bits per heavy atom. The lowest BCUT2D eigenvalue weighted by Gasteiger charge is -2.13. The fraction of sp³-hybridized carbons (Fsp3) is 0.235. The minimum atomic E-state index is -0.156. The van der Waals surface area contributed by atoms with Crippen LogP contribution in [0.5, 0.6) is 0 Å². The first-order chi connectivity index (χ1) is 11.6. The third-order valence-electron chi connectivity index (χ3n) is 3.69. The van der Waals surface area contributed by atoms with Gasteiger partial charge in [0, 0.05) is 36.1 Å². The van der Waals surface area contributed by atoms with Crippen LogP contribution in [0.1, 0.15) is 17.3 Å². The standard InChI is InChI=1S/C17H18ClN5O/c1-12(10-23-6-5-19-11-23)8-20-17(24)15-9-21-22-16(15)13-3-2-4-14(18)7-13/h2-7,9,11-12H,8,10H2,1H3,(H,20,24)(H,21,22). The fourth-order valence-electron chi connectivity index (χ4n) is 2.50. The second-order valence-corrected chi connectivity index (χ2v) is 6.18. The van der Waals surface area contributed by atoms with Crippen LogP contribution in [0.3, 0.4) is 0 Å². The Morgan fingerprint density at radius 1 is 1.46 bits per heavy atom. The highest BCUT2D eigenvalue weighted by molar-refractivity contribution is 6.30. The molecule has 2 heterocycles. The first-order valence-corrected chi connectivity index (χ1v) is 8.04. The zero-order valence-corrected chi connectivity index (χ0v) is 14.0. The molecule has 2 N–H and O–H groups in total. The molecular formula is C17H18ClN5O. The maximum Gasteiger partial charge on any atom is 0.255 e. The Hall–Kier alpha value is -2.60. The highest BCUT2D eigenvalue weighted by Gasteiger charge is 2.16. The van der Waals surface area contributed by atoms with E-state index in [1.165, 1.54) is 6.20 Å². The van der Waals surface area contributed by atoms with Crippen LogP contribution < -0.4 is 5.32 Å². The lowest BCUT2D eigenvalue weighted by Crippen LogP contribution is -2.30. The number of halogens is 1. The molecule has 1 atom stereocenters. The molecule has 1 aromatic carbocycles. The lowest BCUT2D eigenvalue weighted by molar-refractivity contribution is 0.0947. The van der Waals surface area contributed by atoms with Gasteiger partial charge in [-0.2, -0.15) is 5.10 Å². The van der Waals surface area contributed by atoms with Gasteiger partial charge in [0.1, 0.15) is 0 Å². The van der Waals surface area contributed by atoms with E-state index < -0.39 is 0 Å². The molecule has 0 bridgehead atoms. The van der Waals surface area contributed by atoms with Crippen LogP contribution in [-0.4, -0.2) is 32.2 Å². The molecule has 0 saturated heterocycles. The molecule has 0 aliphatic heterocycles. The van der Waals surface area contributed by atoms with Gasteiger partial charge in [0.2, 0.25) is 0 Å². The van der Waals surface area contributed by atoms with E-state index in [0.29, 0.717) is 22.8 Å². The number of amides is 1. The summed E-state index contributed by atoms with van der Waals surface area (Å²) in [6.07, 6.45) is 6.96. The van der Waals surface area contributed by atoms with Crippen LogP contribution >= 0.6 is 11.6 Å². The third kappa shape index (κ3) is 3.83. The van der Waals surface area contributed by atoms with Gasteiger partial charge in [-0.25, -0.2) is 4.98 Å². The van der Waals surface area contributed by atoms with Crippen LogP contribution in [0, 0.1) is 5.92 Å². The zero-order valence-electron chi connectivity index (χ0n) is 13.2. The molecule has 0 aliphatic rings.